The van der Waals surface area contributed by atoms with Crippen LogP contribution in [0.15, 0.2) is 24.3 Å². The zero-order valence-corrected chi connectivity index (χ0v) is 11.2. The molecule has 18 heavy (non-hydrogen) atoms. The van der Waals surface area contributed by atoms with E-state index in [-0.39, 0.29) is 11.8 Å². The quantitative estimate of drug-likeness (QED) is 0.875. The van der Waals surface area contributed by atoms with Crippen molar-refractivity contribution in [2.45, 2.75) is 19.3 Å². The van der Waals surface area contributed by atoms with Gasteiger partial charge in [0.05, 0.1) is 5.92 Å². The van der Waals surface area contributed by atoms with Gasteiger partial charge in [0, 0.05) is 18.1 Å². The standard InChI is InChI=1S/C14H19ClN2O/c15-13-5-1-3-11(9-13)6-8-17-14(18)12-4-2-7-16-10-12/h1,3,5,9,12,16H,2,4,6-8,10H2,(H,17,18)/t12-/m1/s1. The van der Waals surface area contributed by atoms with Crippen LogP contribution in [0.2, 0.25) is 5.02 Å². The first-order valence-electron chi connectivity index (χ1n) is 6.48. The summed E-state index contributed by atoms with van der Waals surface area (Å²) in [5.41, 5.74) is 1.16. The molecule has 2 N–H and O–H groups in total. The molecule has 3 nitrogen and oxygen atoms in total. The predicted octanol–water partition coefficient (Wildman–Crippen LogP) is 2.00. The predicted molar refractivity (Wildman–Crippen MR) is 73.8 cm³/mol. The van der Waals surface area contributed by atoms with Gasteiger partial charge in [-0.2, -0.15) is 0 Å². The molecular weight excluding hydrogens is 248 g/mol. The molecule has 1 aromatic carbocycles. The summed E-state index contributed by atoms with van der Waals surface area (Å²) in [6.45, 7) is 2.52. The number of nitrogens with one attached hydrogen (secondary N) is 2. The minimum atomic E-state index is 0.137. The van der Waals surface area contributed by atoms with Crippen LogP contribution < -0.4 is 10.6 Å². The van der Waals surface area contributed by atoms with E-state index in [2.05, 4.69) is 10.6 Å². The Morgan fingerprint density at radius 1 is 1.50 bits per heavy atom. The molecule has 1 aliphatic heterocycles. The molecule has 0 radical (unpaired) electrons. The molecule has 4 heteroatoms. The molecule has 1 amide bonds. The first-order valence-corrected chi connectivity index (χ1v) is 6.86. The molecule has 0 aromatic heterocycles. The molecule has 0 unspecified atom stereocenters. The summed E-state index contributed by atoms with van der Waals surface area (Å²) in [7, 11) is 0. The molecule has 1 fully saturated rings. The fraction of sp³-hybridized carbons (Fsp3) is 0.500. The lowest BCUT2D eigenvalue weighted by molar-refractivity contribution is -0.125. The van der Waals surface area contributed by atoms with Crippen molar-refractivity contribution in [2.75, 3.05) is 19.6 Å². The van der Waals surface area contributed by atoms with Crippen molar-refractivity contribution >= 4 is 17.5 Å². The van der Waals surface area contributed by atoms with Crippen molar-refractivity contribution in [1.29, 1.82) is 0 Å². The number of piperidine rings is 1. The number of hydrogen-bond acceptors (Lipinski definition) is 2. The van der Waals surface area contributed by atoms with E-state index in [9.17, 15) is 4.79 Å². The van der Waals surface area contributed by atoms with Gasteiger partial charge in [0.1, 0.15) is 0 Å². The minimum Gasteiger partial charge on any atom is -0.355 e. The van der Waals surface area contributed by atoms with E-state index in [0.29, 0.717) is 6.54 Å². The van der Waals surface area contributed by atoms with Crippen LogP contribution in [-0.2, 0) is 11.2 Å². The Labute approximate surface area is 113 Å². The third-order valence-corrected chi connectivity index (χ3v) is 3.50. The first-order chi connectivity index (χ1) is 8.75. The topological polar surface area (TPSA) is 41.1 Å². The van der Waals surface area contributed by atoms with Gasteiger partial charge in [0.25, 0.3) is 0 Å². The summed E-state index contributed by atoms with van der Waals surface area (Å²) < 4.78 is 0. The number of benzene rings is 1. The molecule has 0 spiro atoms. The van der Waals surface area contributed by atoms with Crippen LogP contribution in [0.5, 0.6) is 0 Å². The monoisotopic (exact) mass is 266 g/mol. The van der Waals surface area contributed by atoms with E-state index in [1.54, 1.807) is 0 Å². The van der Waals surface area contributed by atoms with E-state index in [0.717, 1.165) is 42.9 Å². The second-order valence-corrected chi connectivity index (χ2v) is 5.15. The number of rotatable bonds is 4. The minimum absolute atomic E-state index is 0.137. The summed E-state index contributed by atoms with van der Waals surface area (Å²) >= 11 is 5.91. The first kappa shape index (κ1) is 13.4. The molecular formula is C14H19ClN2O. The summed E-state index contributed by atoms with van der Waals surface area (Å²) in [6, 6.07) is 7.76. The van der Waals surface area contributed by atoms with Crippen LogP contribution in [0.25, 0.3) is 0 Å². The lowest BCUT2D eigenvalue weighted by atomic mass is 9.99. The molecule has 1 saturated heterocycles. The molecule has 1 aromatic rings. The number of hydrogen-bond donors (Lipinski definition) is 2. The zero-order chi connectivity index (χ0) is 12.8. The summed E-state index contributed by atoms with van der Waals surface area (Å²) in [4.78, 5) is 11.9. The van der Waals surface area contributed by atoms with Gasteiger partial charge < -0.3 is 10.6 Å². The summed E-state index contributed by atoms with van der Waals surface area (Å²) in [5.74, 6) is 0.308. The Balaban J connectivity index is 1.73. The second-order valence-electron chi connectivity index (χ2n) is 4.71. The Hall–Kier alpha value is -1.06. The number of carbonyl (C=O) groups excluding carboxylic acids is 1. The largest absolute Gasteiger partial charge is 0.355 e. The van der Waals surface area contributed by atoms with Gasteiger partial charge in [-0.25, -0.2) is 0 Å². The SMILES string of the molecule is O=C(NCCc1cccc(Cl)c1)[C@@H]1CCCNC1. The van der Waals surface area contributed by atoms with E-state index >= 15 is 0 Å². The van der Waals surface area contributed by atoms with E-state index in [1.807, 2.05) is 24.3 Å². The molecule has 1 atom stereocenters. The fourth-order valence-electron chi connectivity index (χ4n) is 2.24. The van der Waals surface area contributed by atoms with E-state index < -0.39 is 0 Å². The highest BCUT2D eigenvalue weighted by atomic mass is 35.5. The van der Waals surface area contributed by atoms with Crippen LogP contribution >= 0.6 is 11.6 Å². The maximum atomic E-state index is 11.9. The van der Waals surface area contributed by atoms with Gasteiger partial charge in [-0.3, -0.25) is 4.79 Å². The van der Waals surface area contributed by atoms with Crippen molar-refractivity contribution < 1.29 is 4.79 Å². The van der Waals surface area contributed by atoms with Gasteiger partial charge in [0.15, 0.2) is 0 Å². The Morgan fingerprint density at radius 3 is 3.11 bits per heavy atom. The third kappa shape index (κ3) is 4.00. The Morgan fingerprint density at radius 2 is 2.39 bits per heavy atom. The maximum Gasteiger partial charge on any atom is 0.224 e. The number of halogens is 1. The molecule has 0 aliphatic carbocycles. The highest BCUT2D eigenvalue weighted by molar-refractivity contribution is 6.30. The van der Waals surface area contributed by atoms with Crippen molar-refractivity contribution in [3.8, 4) is 0 Å². The molecule has 0 bridgehead atoms. The second kappa shape index (κ2) is 6.76. The third-order valence-electron chi connectivity index (χ3n) is 3.27. The van der Waals surface area contributed by atoms with Crippen molar-refractivity contribution in [3.63, 3.8) is 0 Å². The zero-order valence-electron chi connectivity index (χ0n) is 10.4. The lowest BCUT2D eigenvalue weighted by Gasteiger charge is -2.21. The average molecular weight is 267 g/mol. The van der Waals surface area contributed by atoms with Gasteiger partial charge in [0.2, 0.25) is 5.91 Å². The molecule has 0 saturated carbocycles. The molecule has 98 valence electrons. The molecule has 1 aliphatic rings. The highest BCUT2D eigenvalue weighted by Crippen LogP contribution is 2.11. The lowest BCUT2D eigenvalue weighted by Crippen LogP contribution is -2.41. The van der Waals surface area contributed by atoms with Crippen LogP contribution in [0.4, 0.5) is 0 Å². The van der Waals surface area contributed by atoms with Gasteiger partial charge >= 0.3 is 0 Å². The number of amides is 1. The van der Waals surface area contributed by atoms with E-state index in [1.165, 1.54) is 0 Å². The Bertz CT molecular complexity index is 403. The molecule has 1 heterocycles. The normalized spacial score (nSPS) is 19.5. The fourth-order valence-corrected chi connectivity index (χ4v) is 2.46. The summed E-state index contributed by atoms with van der Waals surface area (Å²) in [6.07, 6.45) is 2.91. The van der Waals surface area contributed by atoms with Gasteiger partial charge in [-0.1, -0.05) is 23.7 Å². The van der Waals surface area contributed by atoms with Crippen molar-refractivity contribution in [2.24, 2.45) is 5.92 Å². The summed E-state index contributed by atoms with van der Waals surface area (Å²) in [5, 5.41) is 7.00. The smallest absolute Gasteiger partial charge is 0.224 e. The van der Waals surface area contributed by atoms with Crippen LogP contribution in [0.1, 0.15) is 18.4 Å². The van der Waals surface area contributed by atoms with Crippen molar-refractivity contribution in [3.05, 3.63) is 34.9 Å². The van der Waals surface area contributed by atoms with Gasteiger partial charge in [-0.05, 0) is 43.5 Å². The highest BCUT2D eigenvalue weighted by Gasteiger charge is 2.19. The van der Waals surface area contributed by atoms with Crippen LogP contribution in [0, 0.1) is 5.92 Å². The average Bonchev–Trinajstić information content (AvgIpc) is 2.40. The maximum absolute atomic E-state index is 11.9. The van der Waals surface area contributed by atoms with Crippen molar-refractivity contribution in [1.82, 2.24) is 10.6 Å². The molecule has 2 rings (SSSR count). The number of carbonyl (C=O) groups is 1. The Kier molecular flexibility index (Phi) is 5.02. The van der Waals surface area contributed by atoms with Crippen LogP contribution in [-0.4, -0.2) is 25.5 Å². The van der Waals surface area contributed by atoms with Gasteiger partial charge in [-0.15, -0.1) is 0 Å². The van der Waals surface area contributed by atoms with E-state index in [4.69, 9.17) is 11.6 Å². The van der Waals surface area contributed by atoms with Crippen LogP contribution in [0.3, 0.4) is 0 Å².